The van der Waals surface area contributed by atoms with Crippen LogP contribution in [0.3, 0.4) is 0 Å². The van der Waals surface area contributed by atoms with Crippen LogP contribution in [0.2, 0.25) is 0 Å². The number of anilines is 1. The Morgan fingerprint density at radius 2 is 1.94 bits per heavy atom. The van der Waals surface area contributed by atoms with Gasteiger partial charge in [0, 0.05) is 41.5 Å². The minimum Gasteiger partial charge on any atom is -0.383 e. The minimum absolute atomic E-state index is 0.106. The van der Waals surface area contributed by atoms with Crippen molar-refractivity contribution in [3.8, 4) is 0 Å². The number of hydrogen-bond donors (Lipinski definition) is 3. The number of aromatic nitrogens is 1. The van der Waals surface area contributed by atoms with Gasteiger partial charge in [-0.15, -0.1) is 0 Å². The number of aromatic amines is 1. The van der Waals surface area contributed by atoms with Gasteiger partial charge in [0.05, 0.1) is 25.0 Å². The number of hydrogen-bond acceptors (Lipinski definition) is 5. The molecule has 0 unspecified atom stereocenters. The van der Waals surface area contributed by atoms with Crippen LogP contribution < -0.4 is 10.6 Å². The number of halogens is 1. The van der Waals surface area contributed by atoms with Crippen LogP contribution in [0.1, 0.15) is 11.1 Å². The molecule has 34 heavy (non-hydrogen) atoms. The van der Waals surface area contributed by atoms with E-state index >= 15 is 0 Å². The summed E-state index contributed by atoms with van der Waals surface area (Å²) in [6, 6.07) is 11.4. The molecular weight excluding hydrogens is 439 g/mol. The van der Waals surface area contributed by atoms with Crippen LogP contribution in [0.4, 0.5) is 10.1 Å². The number of H-pyrrole nitrogens is 1. The number of fused-ring (bicyclic) bond motifs is 5. The van der Waals surface area contributed by atoms with E-state index in [1.165, 1.54) is 30.2 Å². The molecule has 8 nitrogen and oxygen atoms in total. The van der Waals surface area contributed by atoms with E-state index in [1.54, 1.807) is 0 Å². The van der Waals surface area contributed by atoms with Crippen molar-refractivity contribution < 1.29 is 23.5 Å². The Morgan fingerprint density at radius 1 is 1.12 bits per heavy atom. The second-order valence-corrected chi connectivity index (χ2v) is 9.09. The molecule has 4 heterocycles. The van der Waals surface area contributed by atoms with E-state index in [2.05, 4.69) is 15.6 Å². The highest BCUT2D eigenvalue weighted by atomic mass is 19.1. The normalized spacial score (nSPS) is 27.6. The summed E-state index contributed by atoms with van der Waals surface area (Å²) in [6.45, 7) is 0.302. The van der Waals surface area contributed by atoms with Gasteiger partial charge in [-0.2, -0.15) is 0 Å². The number of nitrogens with zero attached hydrogens (tertiary/aromatic N) is 1. The summed E-state index contributed by atoms with van der Waals surface area (Å²) in [5.74, 6) is -3.47. The van der Waals surface area contributed by atoms with Gasteiger partial charge in [-0.1, -0.05) is 18.2 Å². The van der Waals surface area contributed by atoms with Crippen LogP contribution in [0, 0.1) is 17.7 Å². The number of ether oxygens (including phenoxy) is 1. The fourth-order valence-electron chi connectivity index (χ4n) is 5.95. The first-order valence-corrected chi connectivity index (χ1v) is 11.2. The highest BCUT2D eigenvalue weighted by molar-refractivity contribution is 6.15. The second-order valence-electron chi connectivity index (χ2n) is 9.09. The van der Waals surface area contributed by atoms with E-state index in [-0.39, 0.29) is 19.1 Å². The Kier molecular flexibility index (Phi) is 4.62. The molecule has 3 aliphatic heterocycles. The third-order valence-electron chi connectivity index (χ3n) is 7.40. The zero-order chi connectivity index (χ0) is 23.6. The van der Waals surface area contributed by atoms with E-state index in [9.17, 15) is 18.8 Å². The smallest absolute Gasteiger partial charge is 0.250 e. The lowest BCUT2D eigenvalue weighted by atomic mass is 9.76. The predicted octanol–water partition coefficient (Wildman–Crippen LogP) is 1.92. The van der Waals surface area contributed by atoms with E-state index in [0.717, 1.165) is 16.5 Å². The van der Waals surface area contributed by atoms with E-state index in [1.807, 2.05) is 30.5 Å². The molecule has 3 aromatic rings. The molecule has 9 heteroatoms. The quantitative estimate of drug-likeness (QED) is 0.503. The van der Waals surface area contributed by atoms with Crippen molar-refractivity contribution in [1.29, 1.82) is 0 Å². The van der Waals surface area contributed by atoms with E-state index < -0.39 is 41.0 Å². The molecule has 4 atom stereocenters. The zero-order valence-corrected chi connectivity index (χ0v) is 18.4. The van der Waals surface area contributed by atoms with Gasteiger partial charge < -0.3 is 15.0 Å². The number of carbonyl (C=O) groups is 3. The van der Waals surface area contributed by atoms with Crippen molar-refractivity contribution in [1.82, 2.24) is 15.2 Å². The standard InChI is InChI=1S/C25H23FN4O4/c1-34-9-8-30-22(31)20-19(10-13-12-27-17-5-3-2-4-15(13)17)29-25(21(20)23(30)32)16-11-14(26)6-7-18(16)28-24(25)33/h2-7,11-12,19-21,27,29H,8-10H2,1H3,(H,28,33)/t19-,20-,21+,25-/m1/s1. The number of methoxy groups -OCH3 is 1. The highest BCUT2D eigenvalue weighted by Crippen LogP contribution is 2.53. The van der Waals surface area contributed by atoms with Crippen molar-refractivity contribution in [2.24, 2.45) is 11.8 Å². The number of nitrogens with one attached hydrogen (secondary N) is 3. The summed E-state index contributed by atoms with van der Waals surface area (Å²) in [7, 11) is 1.50. The van der Waals surface area contributed by atoms with Crippen molar-refractivity contribution in [2.45, 2.75) is 18.0 Å². The average Bonchev–Trinajstić information content (AvgIpc) is 3.53. The van der Waals surface area contributed by atoms with Gasteiger partial charge in [0.25, 0.3) is 0 Å². The summed E-state index contributed by atoms with van der Waals surface area (Å²) in [5, 5.41) is 7.15. The van der Waals surface area contributed by atoms with Crippen LogP contribution in [-0.4, -0.2) is 53.9 Å². The number of carbonyl (C=O) groups excluding carboxylic acids is 3. The maximum Gasteiger partial charge on any atom is 0.250 e. The molecule has 0 radical (unpaired) electrons. The largest absolute Gasteiger partial charge is 0.383 e. The summed E-state index contributed by atoms with van der Waals surface area (Å²) < 4.78 is 19.4. The Labute approximate surface area is 194 Å². The lowest BCUT2D eigenvalue weighted by Crippen LogP contribution is -2.53. The molecule has 0 aliphatic carbocycles. The van der Waals surface area contributed by atoms with Crippen LogP contribution >= 0.6 is 0 Å². The molecule has 2 fully saturated rings. The molecule has 3 amide bonds. The van der Waals surface area contributed by atoms with Crippen molar-refractivity contribution in [2.75, 3.05) is 25.6 Å². The number of likely N-dealkylation sites (tertiary alicyclic amines) is 1. The summed E-state index contributed by atoms with van der Waals surface area (Å²) in [4.78, 5) is 45.0. The van der Waals surface area contributed by atoms with Gasteiger partial charge in [0.15, 0.2) is 0 Å². The van der Waals surface area contributed by atoms with Gasteiger partial charge in [0.2, 0.25) is 17.7 Å². The third-order valence-corrected chi connectivity index (χ3v) is 7.40. The molecule has 1 aromatic heterocycles. The first-order chi connectivity index (χ1) is 16.5. The monoisotopic (exact) mass is 462 g/mol. The molecule has 3 aliphatic rings. The van der Waals surface area contributed by atoms with Crippen LogP contribution in [0.25, 0.3) is 10.9 Å². The molecule has 2 aromatic carbocycles. The fourth-order valence-corrected chi connectivity index (χ4v) is 5.95. The van der Waals surface area contributed by atoms with Crippen molar-refractivity contribution in [3.05, 3.63) is 65.6 Å². The van der Waals surface area contributed by atoms with Crippen LogP contribution in [-0.2, 0) is 31.1 Å². The van der Waals surface area contributed by atoms with Gasteiger partial charge in [-0.25, -0.2) is 4.39 Å². The van der Waals surface area contributed by atoms with Crippen LogP contribution in [0.15, 0.2) is 48.7 Å². The third kappa shape index (κ3) is 2.74. The molecule has 0 saturated carbocycles. The molecule has 1 spiro atoms. The Morgan fingerprint density at radius 3 is 2.76 bits per heavy atom. The highest BCUT2D eigenvalue weighted by Gasteiger charge is 2.70. The summed E-state index contributed by atoms with van der Waals surface area (Å²) >= 11 is 0. The minimum atomic E-state index is -1.52. The molecular formula is C25H23FN4O4. The van der Waals surface area contributed by atoms with E-state index in [4.69, 9.17) is 4.74 Å². The fraction of sp³-hybridized carbons (Fsp3) is 0.320. The number of amides is 3. The lowest BCUT2D eigenvalue weighted by molar-refractivity contribution is -0.143. The van der Waals surface area contributed by atoms with Gasteiger partial charge in [0.1, 0.15) is 11.4 Å². The lowest BCUT2D eigenvalue weighted by Gasteiger charge is -2.29. The van der Waals surface area contributed by atoms with Gasteiger partial charge in [-0.05, 0) is 36.2 Å². The van der Waals surface area contributed by atoms with Gasteiger partial charge >= 0.3 is 0 Å². The Hall–Kier alpha value is -3.56. The predicted molar refractivity (Wildman–Crippen MR) is 121 cm³/mol. The van der Waals surface area contributed by atoms with Crippen molar-refractivity contribution >= 4 is 34.3 Å². The molecule has 174 valence electrons. The van der Waals surface area contributed by atoms with Crippen molar-refractivity contribution in [3.63, 3.8) is 0 Å². The molecule has 6 rings (SSSR count). The Balaban J connectivity index is 1.47. The first kappa shape index (κ1) is 21.0. The topological polar surface area (TPSA) is 104 Å². The maximum atomic E-state index is 14.3. The number of para-hydroxylation sites is 1. The average molecular weight is 462 g/mol. The maximum absolute atomic E-state index is 14.3. The SMILES string of the molecule is COCCN1C(=O)[C@H]2[C@@H](C1=O)[C@@]1(N[C@@H]2Cc2c[nH]c3ccccc23)C(=O)Nc2ccc(F)cc21. The summed E-state index contributed by atoms with van der Waals surface area (Å²) in [6.07, 6.45) is 2.31. The first-order valence-electron chi connectivity index (χ1n) is 11.2. The molecule has 2 saturated heterocycles. The molecule has 3 N–H and O–H groups in total. The second kappa shape index (κ2) is 7.48. The number of benzene rings is 2. The zero-order valence-electron chi connectivity index (χ0n) is 18.4. The molecule has 0 bridgehead atoms. The Bertz CT molecular complexity index is 1350. The number of rotatable bonds is 5. The van der Waals surface area contributed by atoms with E-state index in [0.29, 0.717) is 17.7 Å². The van der Waals surface area contributed by atoms with Gasteiger partial charge in [-0.3, -0.25) is 24.6 Å². The van der Waals surface area contributed by atoms with Crippen LogP contribution in [0.5, 0.6) is 0 Å². The number of imide groups is 1. The summed E-state index contributed by atoms with van der Waals surface area (Å²) in [5.41, 5.74) is 1.22.